The lowest BCUT2D eigenvalue weighted by Gasteiger charge is -2.37. The van der Waals surface area contributed by atoms with Gasteiger partial charge in [-0.15, -0.1) is 0 Å². The molecule has 14 heteroatoms. The van der Waals surface area contributed by atoms with Crippen molar-refractivity contribution in [2.24, 2.45) is 17.3 Å². The smallest absolute Gasteiger partial charge is 0.407 e. The highest BCUT2D eigenvalue weighted by molar-refractivity contribution is 7.89. The van der Waals surface area contributed by atoms with Crippen LogP contribution >= 0.6 is 0 Å². The lowest BCUT2D eigenvalue weighted by molar-refractivity contribution is -0.153. The molecule has 6 rings (SSSR count). The maximum Gasteiger partial charge on any atom is 0.407 e. The molecule has 2 aliphatic carbocycles. The molecule has 0 spiro atoms. The van der Waals surface area contributed by atoms with Gasteiger partial charge in [-0.25, -0.2) is 18.0 Å². The van der Waals surface area contributed by atoms with Gasteiger partial charge in [0.25, 0.3) is 0 Å². The minimum Gasteiger partial charge on any atom is -0.453 e. The van der Waals surface area contributed by atoms with E-state index >= 15 is 0 Å². The van der Waals surface area contributed by atoms with Crippen molar-refractivity contribution in [1.82, 2.24) is 14.9 Å². The van der Waals surface area contributed by atoms with Crippen LogP contribution in [0.1, 0.15) is 50.5 Å². The fraction of sp³-hybridized carbons (Fsp3) is 0.600. The average molecular weight is 701 g/mol. The van der Waals surface area contributed by atoms with Crippen molar-refractivity contribution in [1.29, 1.82) is 0 Å². The van der Waals surface area contributed by atoms with Gasteiger partial charge in [0.2, 0.25) is 10.0 Å². The zero-order valence-corrected chi connectivity index (χ0v) is 28.7. The first-order valence-electron chi connectivity index (χ1n) is 17.2. The highest BCUT2D eigenvalue weighted by Gasteiger charge is 2.54. The number of fused-ring (bicyclic) bond motifs is 2. The molecule has 0 radical (unpaired) electrons. The number of nitrogen functional groups attached to an aromatic ring is 1. The Morgan fingerprint density at radius 3 is 2.53 bits per heavy atom. The maximum atomic E-state index is 14.2. The Morgan fingerprint density at radius 2 is 1.82 bits per heavy atom. The monoisotopic (exact) mass is 700 g/mol. The number of nitrogens with zero attached hydrogens (tertiary/aromatic N) is 1. The van der Waals surface area contributed by atoms with Crippen LogP contribution in [0.3, 0.4) is 0 Å². The molecule has 49 heavy (non-hydrogen) atoms. The van der Waals surface area contributed by atoms with Gasteiger partial charge in [-0.2, -0.15) is 4.31 Å². The third-order valence-electron chi connectivity index (χ3n) is 10.4. The van der Waals surface area contributed by atoms with Gasteiger partial charge < -0.3 is 40.4 Å². The molecule has 5 N–H and O–H groups in total. The maximum absolute atomic E-state index is 14.2. The first-order valence-corrected chi connectivity index (χ1v) is 18.6. The molecule has 13 nitrogen and oxygen atoms in total. The van der Waals surface area contributed by atoms with E-state index in [1.54, 1.807) is 0 Å². The van der Waals surface area contributed by atoms with Crippen molar-refractivity contribution < 1.29 is 42.1 Å². The van der Waals surface area contributed by atoms with Crippen LogP contribution in [-0.2, 0) is 35.4 Å². The van der Waals surface area contributed by atoms with Crippen molar-refractivity contribution in [3.63, 3.8) is 0 Å². The van der Waals surface area contributed by atoms with E-state index in [1.165, 1.54) is 35.7 Å². The minimum absolute atomic E-state index is 0.0391. The molecule has 4 fully saturated rings. The lowest BCUT2D eigenvalue weighted by atomic mass is 9.78. The van der Waals surface area contributed by atoms with Gasteiger partial charge in [0.1, 0.15) is 6.10 Å². The summed E-state index contributed by atoms with van der Waals surface area (Å²) in [6.45, 7) is 0.883. The number of alkyl carbamates (subject to hydrolysis) is 2. The third-order valence-corrected chi connectivity index (χ3v) is 12.2. The van der Waals surface area contributed by atoms with Crippen LogP contribution in [0.5, 0.6) is 0 Å². The molecule has 2 aromatic carbocycles. The van der Waals surface area contributed by atoms with E-state index < -0.39 is 40.5 Å². The fourth-order valence-electron chi connectivity index (χ4n) is 7.48. The highest BCUT2D eigenvalue weighted by Crippen LogP contribution is 2.51. The summed E-state index contributed by atoms with van der Waals surface area (Å²) in [5.74, 6) is 0.358. The second kappa shape index (κ2) is 15.2. The zero-order valence-electron chi connectivity index (χ0n) is 27.9. The van der Waals surface area contributed by atoms with Gasteiger partial charge in [0.05, 0.1) is 36.9 Å². The molecule has 2 aliphatic heterocycles. The van der Waals surface area contributed by atoms with Crippen molar-refractivity contribution in [3.05, 3.63) is 60.2 Å². The largest absolute Gasteiger partial charge is 0.453 e. The number of anilines is 1. The molecule has 2 amide bonds. The number of carbonyl (C=O) groups is 2. The highest BCUT2D eigenvalue weighted by atomic mass is 32.2. The van der Waals surface area contributed by atoms with Gasteiger partial charge in [0.15, 0.2) is 6.29 Å². The number of aliphatic hydroxyl groups is 1. The molecule has 2 aromatic rings. The number of amides is 2. The third kappa shape index (κ3) is 8.66. The normalized spacial score (nSPS) is 26.1. The SMILES string of the molecule is COC(=O)NCCCCC1(CN(CC(O)C(Cc2ccccc2)NC(=O)OC2C3COC4OC2CC4C3)S(=O)(=O)c2ccc(N)cc2)CC1. The number of aliphatic hydroxyl groups excluding tert-OH is 1. The van der Waals surface area contributed by atoms with Crippen molar-refractivity contribution in [2.45, 2.75) is 86.9 Å². The van der Waals surface area contributed by atoms with E-state index in [-0.39, 0.29) is 48.1 Å². The number of unbranched alkanes of at least 4 members (excludes halogenated alkanes) is 1. The van der Waals surface area contributed by atoms with Gasteiger partial charge in [-0.1, -0.05) is 36.8 Å². The fourth-order valence-corrected chi connectivity index (χ4v) is 9.05. The lowest BCUT2D eigenvalue weighted by Crippen LogP contribution is -2.53. The Morgan fingerprint density at radius 1 is 1.06 bits per heavy atom. The van der Waals surface area contributed by atoms with Crippen LogP contribution in [0.2, 0.25) is 0 Å². The van der Waals surface area contributed by atoms with E-state index in [9.17, 15) is 23.1 Å². The predicted octanol–water partition coefficient (Wildman–Crippen LogP) is 3.41. The Balaban J connectivity index is 1.17. The second-order valence-corrected chi connectivity index (χ2v) is 15.9. The number of ether oxygens (including phenoxy) is 4. The molecule has 3 bridgehead atoms. The topological polar surface area (TPSA) is 179 Å². The molecule has 7 unspecified atom stereocenters. The Hall–Kier alpha value is -3.43. The Bertz CT molecular complexity index is 1530. The van der Waals surface area contributed by atoms with Gasteiger partial charge in [-0.05, 0) is 80.2 Å². The summed E-state index contributed by atoms with van der Waals surface area (Å²) in [5.41, 5.74) is 6.91. The molecule has 7 atom stereocenters. The molecule has 2 saturated heterocycles. The molecule has 4 aliphatic rings. The number of nitrogens with two attached hydrogens (primary N) is 1. The number of rotatable bonds is 16. The molecule has 0 aromatic heterocycles. The average Bonchev–Trinajstić information content (AvgIpc) is 3.79. The van der Waals surface area contributed by atoms with Crippen LogP contribution in [0, 0.1) is 17.3 Å². The van der Waals surface area contributed by atoms with E-state index in [2.05, 4.69) is 15.4 Å². The summed E-state index contributed by atoms with van der Waals surface area (Å²) in [7, 11) is -2.74. The second-order valence-electron chi connectivity index (χ2n) is 14.0. The van der Waals surface area contributed by atoms with Gasteiger partial charge >= 0.3 is 12.2 Å². The molecular formula is C35H48N4O9S. The minimum atomic E-state index is -4.06. The van der Waals surface area contributed by atoms with E-state index in [0.29, 0.717) is 24.8 Å². The van der Waals surface area contributed by atoms with Gasteiger partial charge in [-0.3, -0.25) is 0 Å². The summed E-state index contributed by atoms with van der Waals surface area (Å²) >= 11 is 0. The van der Waals surface area contributed by atoms with Crippen LogP contribution in [0.25, 0.3) is 0 Å². The molecular weight excluding hydrogens is 652 g/mol. The van der Waals surface area contributed by atoms with Crippen LogP contribution < -0.4 is 16.4 Å². The number of methoxy groups -OCH3 is 1. The number of nitrogens with one attached hydrogen (secondary N) is 2. The van der Waals surface area contributed by atoms with Crippen LogP contribution in [0.4, 0.5) is 15.3 Å². The van der Waals surface area contributed by atoms with Crippen molar-refractivity contribution in [3.8, 4) is 0 Å². The van der Waals surface area contributed by atoms with E-state index in [0.717, 1.165) is 50.5 Å². The van der Waals surface area contributed by atoms with Crippen molar-refractivity contribution >= 4 is 27.9 Å². The number of benzene rings is 2. The van der Waals surface area contributed by atoms with Crippen LogP contribution in [-0.4, -0.2) is 94.0 Å². The van der Waals surface area contributed by atoms with E-state index in [4.69, 9.17) is 19.9 Å². The van der Waals surface area contributed by atoms with E-state index in [1.807, 2.05) is 30.3 Å². The number of sulfonamides is 1. The van der Waals surface area contributed by atoms with Crippen molar-refractivity contribution in [2.75, 3.05) is 39.1 Å². The standard InChI is InChI=1S/C35H48N4O9S/c1-45-33(41)37-16-6-5-13-35(14-15-35)22-39(49(43,44)27-11-9-26(36)10-12-27)20-29(40)28(17-23-7-3-2-4-8-23)38-34(42)48-31-25-18-24-19-30(31)47-32(24)46-21-25/h2-4,7-12,24-25,28-32,40H,5-6,13-22,36H2,1H3,(H,37,41)(H,38,42). The Labute approximate surface area is 287 Å². The number of hydrogen-bond acceptors (Lipinski definition) is 10. The first-order chi connectivity index (χ1) is 23.5. The Kier molecular flexibility index (Phi) is 11.0. The molecule has 268 valence electrons. The molecule has 2 saturated carbocycles. The number of hydrogen-bond donors (Lipinski definition) is 4. The summed E-state index contributed by atoms with van der Waals surface area (Å²) in [5, 5.41) is 17.4. The van der Waals surface area contributed by atoms with Crippen LogP contribution in [0.15, 0.2) is 59.5 Å². The summed E-state index contributed by atoms with van der Waals surface area (Å²) in [4.78, 5) is 24.9. The molecule has 2 heterocycles. The predicted molar refractivity (Wildman–Crippen MR) is 180 cm³/mol. The summed E-state index contributed by atoms with van der Waals surface area (Å²) in [6.07, 6.45) is 2.47. The number of carbonyl (C=O) groups excluding carboxylic acids is 2. The van der Waals surface area contributed by atoms with Gasteiger partial charge in [0, 0.05) is 37.2 Å². The summed E-state index contributed by atoms with van der Waals surface area (Å²) in [6, 6.07) is 14.6. The summed E-state index contributed by atoms with van der Waals surface area (Å²) < 4.78 is 52.1. The first kappa shape index (κ1) is 35.4. The quantitative estimate of drug-likeness (QED) is 0.150. The zero-order chi connectivity index (χ0) is 34.6.